The van der Waals surface area contributed by atoms with Gasteiger partial charge in [0, 0.05) is 48.6 Å². The average Bonchev–Trinajstić information content (AvgIpc) is 3.98. The Labute approximate surface area is 343 Å². The number of hydrogen-bond acceptors (Lipinski definition) is 7. The second kappa shape index (κ2) is 17.7. The first-order valence-corrected chi connectivity index (χ1v) is 20.6. The van der Waals surface area contributed by atoms with Crippen LogP contribution < -0.4 is 21.3 Å². The molecule has 2 aliphatic heterocycles. The van der Waals surface area contributed by atoms with E-state index in [9.17, 15) is 28.0 Å². The van der Waals surface area contributed by atoms with Gasteiger partial charge in [-0.15, -0.1) is 0 Å². The van der Waals surface area contributed by atoms with Crippen LogP contribution in [0.2, 0.25) is 0 Å². The van der Waals surface area contributed by atoms with E-state index in [4.69, 9.17) is 4.98 Å². The van der Waals surface area contributed by atoms with Gasteiger partial charge in [0.15, 0.2) is 5.82 Å². The monoisotopic (exact) mass is 821 g/mol. The highest BCUT2D eigenvalue weighted by Gasteiger charge is 2.43. The number of rotatable bonds is 14. The summed E-state index contributed by atoms with van der Waals surface area (Å²) in [6.07, 6.45) is 0.694. The molecule has 4 amide bonds. The van der Waals surface area contributed by atoms with Crippen LogP contribution in [0.4, 0.5) is 13.2 Å². The van der Waals surface area contributed by atoms with Gasteiger partial charge in [-0.3, -0.25) is 19.2 Å². The second-order valence-corrected chi connectivity index (χ2v) is 17.2. The Morgan fingerprint density at radius 2 is 1.58 bits per heavy atom. The number of alkyl halides is 1. The molecule has 4 heterocycles. The summed E-state index contributed by atoms with van der Waals surface area (Å²) in [5.41, 5.74) is 1.90. The summed E-state index contributed by atoms with van der Waals surface area (Å²) < 4.78 is 47.1. The Morgan fingerprint density at radius 3 is 2.24 bits per heavy atom. The van der Waals surface area contributed by atoms with Crippen LogP contribution in [0.15, 0.2) is 36.4 Å². The largest absolute Gasteiger partial charge is 0.352 e. The summed E-state index contributed by atoms with van der Waals surface area (Å²) in [4.78, 5) is 65.9. The number of likely N-dealkylation sites (N-methyl/N-ethyl adjacent to an activating group) is 2. The third-order valence-corrected chi connectivity index (χ3v) is 12.0. The lowest BCUT2D eigenvalue weighted by molar-refractivity contribution is -0.140. The summed E-state index contributed by atoms with van der Waals surface area (Å²) in [6, 6.07) is 5.02. The topological polar surface area (TPSA) is 156 Å². The van der Waals surface area contributed by atoms with Crippen molar-refractivity contribution in [3.63, 3.8) is 0 Å². The molecule has 2 aromatic carbocycles. The van der Waals surface area contributed by atoms with Crippen molar-refractivity contribution in [1.82, 2.24) is 45.6 Å². The van der Waals surface area contributed by atoms with Crippen molar-refractivity contribution >= 4 is 45.6 Å². The van der Waals surface area contributed by atoms with Crippen molar-refractivity contribution < 1.29 is 32.3 Å². The number of aromatic amines is 1. The van der Waals surface area contributed by atoms with Crippen molar-refractivity contribution in [3.8, 4) is 11.5 Å². The molecule has 2 aliphatic rings. The number of amides is 4. The molecule has 59 heavy (non-hydrogen) atoms. The lowest BCUT2D eigenvalue weighted by atomic mass is 9.85. The highest BCUT2D eigenvalue weighted by atomic mass is 19.1. The number of carbonyl (C=O) groups is 4. The summed E-state index contributed by atoms with van der Waals surface area (Å²) in [5, 5.41) is 12.2. The van der Waals surface area contributed by atoms with Gasteiger partial charge in [-0.1, -0.05) is 27.7 Å². The van der Waals surface area contributed by atoms with Crippen molar-refractivity contribution in [2.75, 3.05) is 27.2 Å². The molecule has 7 atom stereocenters. The first-order chi connectivity index (χ1) is 27.9. The minimum Gasteiger partial charge on any atom is -0.352 e. The third-order valence-electron chi connectivity index (χ3n) is 12.0. The van der Waals surface area contributed by atoms with Crippen LogP contribution in [-0.2, 0) is 32.1 Å². The summed E-state index contributed by atoms with van der Waals surface area (Å²) in [6.45, 7) is 11.4. The first kappa shape index (κ1) is 43.6. The number of H-pyrrole nitrogens is 1. The molecule has 0 radical (unpaired) electrons. The molecule has 5 N–H and O–H groups in total. The fourth-order valence-electron chi connectivity index (χ4n) is 8.37. The van der Waals surface area contributed by atoms with Crippen molar-refractivity contribution in [2.45, 2.75) is 123 Å². The van der Waals surface area contributed by atoms with Gasteiger partial charge in [0.25, 0.3) is 0 Å². The number of benzene rings is 2. The molecular weight excluding hydrogens is 764 g/mol. The maximum atomic E-state index is 15.5. The predicted molar refractivity (Wildman–Crippen MR) is 221 cm³/mol. The number of nitrogens with one attached hydrogen (secondary N) is 5. The highest BCUT2D eigenvalue weighted by Crippen LogP contribution is 2.37. The van der Waals surface area contributed by atoms with Gasteiger partial charge in [-0.2, -0.15) is 0 Å². The standard InChI is InChI=1S/C43H58F3N9O4/c1-9-32(51-39(56)23(2)47-7)41(58)53-16-10-11-28(53)22-55-35-15-13-26(45)19-34(35)50-38(55)36-31(30-14-12-25(44)18-33(30)49-36)20-29-17-27(46)21-54(29)42(59)37(43(4,5)6)52-40(57)24(3)48-8/h12-15,18-19,23-24,27-29,32,37,47-49H,9-11,16-17,20-22H2,1-8H3,(H,51,56)(H,52,57)/t23-,24-,27-,28-,29-,32-,37+/m0/s1. The maximum absolute atomic E-state index is 15.5. The molecule has 0 spiro atoms. The second-order valence-electron chi connectivity index (χ2n) is 17.2. The molecule has 2 fully saturated rings. The van der Waals surface area contributed by atoms with E-state index in [2.05, 4.69) is 26.3 Å². The number of nitrogens with zero attached hydrogens (tertiary/aromatic N) is 4. The van der Waals surface area contributed by atoms with E-state index < -0.39 is 59.3 Å². The minimum atomic E-state index is -1.32. The van der Waals surface area contributed by atoms with Crippen LogP contribution in [0.3, 0.4) is 0 Å². The molecular formula is C43H58F3N9O4. The fraction of sp³-hybridized carbons (Fsp3) is 0.558. The molecule has 0 saturated carbocycles. The van der Waals surface area contributed by atoms with E-state index in [1.165, 1.54) is 29.2 Å². The van der Waals surface area contributed by atoms with Gasteiger partial charge in [-0.05, 0) is 94.9 Å². The van der Waals surface area contributed by atoms with Gasteiger partial charge in [0.05, 0.1) is 35.4 Å². The van der Waals surface area contributed by atoms with Crippen LogP contribution in [0.1, 0.15) is 72.8 Å². The summed E-state index contributed by atoms with van der Waals surface area (Å²) >= 11 is 0. The Balaban J connectivity index is 1.40. The van der Waals surface area contributed by atoms with Gasteiger partial charge >= 0.3 is 0 Å². The van der Waals surface area contributed by atoms with Crippen LogP contribution in [-0.4, -0.2) is 118 Å². The van der Waals surface area contributed by atoms with Gasteiger partial charge < -0.3 is 40.6 Å². The Bertz CT molecular complexity index is 2200. The van der Waals surface area contributed by atoms with Crippen LogP contribution in [0.25, 0.3) is 33.5 Å². The van der Waals surface area contributed by atoms with E-state index in [1.54, 1.807) is 45.0 Å². The zero-order valence-electron chi connectivity index (χ0n) is 35.2. The molecule has 2 saturated heterocycles. The van der Waals surface area contributed by atoms with E-state index in [0.717, 1.165) is 6.42 Å². The van der Waals surface area contributed by atoms with Crippen molar-refractivity contribution in [2.24, 2.45) is 5.41 Å². The lowest BCUT2D eigenvalue weighted by Crippen LogP contribution is -2.58. The lowest BCUT2D eigenvalue weighted by Gasteiger charge is -2.36. The third kappa shape index (κ3) is 9.13. The van der Waals surface area contributed by atoms with Gasteiger partial charge in [0.2, 0.25) is 23.6 Å². The average molecular weight is 822 g/mol. The first-order valence-electron chi connectivity index (χ1n) is 20.6. The van der Waals surface area contributed by atoms with Crippen molar-refractivity contribution in [3.05, 3.63) is 53.6 Å². The molecule has 13 nitrogen and oxygen atoms in total. The van der Waals surface area contributed by atoms with Crippen LogP contribution >= 0.6 is 0 Å². The van der Waals surface area contributed by atoms with Crippen LogP contribution in [0.5, 0.6) is 0 Å². The number of fused-ring (bicyclic) bond motifs is 2. The fourth-order valence-corrected chi connectivity index (χ4v) is 8.37. The molecule has 2 aromatic heterocycles. The minimum absolute atomic E-state index is 0.0414. The highest BCUT2D eigenvalue weighted by molar-refractivity contribution is 5.93. The zero-order valence-corrected chi connectivity index (χ0v) is 35.2. The number of imidazole rings is 1. The Hall–Kier alpha value is -4.96. The maximum Gasteiger partial charge on any atom is 0.246 e. The zero-order chi connectivity index (χ0) is 42.9. The Morgan fingerprint density at radius 1 is 0.915 bits per heavy atom. The van der Waals surface area contributed by atoms with E-state index in [-0.39, 0.29) is 49.7 Å². The Kier molecular flexibility index (Phi) is 13.1. The number of hydrogen-bond donors (Lipinski definition) is 5. The summed E-state index contributed by atoms with van der Waals surface area (Å²) in [5.74, 6) is -1.78. The molecule has 0 aliphatic carbocycles. The summed E-state index contributed by atoms with van der Waals surface area (Å²) in [7, 11) is 3.33. The van der Waals surface area contributed by atoms with Gasteiger partial charge in [-0.25, -0.2) is 18.2 Å². The normalized spacial score (nSPS) is 20.6. The number of halogens is 3. The number of likely N-dealkylation sites (tertiary alicyclic amines) is 2. The van der Waals surface area contributed by atoms with Crippen LogP contribution in [0, 0.1) is 17.0 Å². The van der Waals surface area contributed by atoms with E-state index in [1.807, 2.05) is 32.3 Å². The van der Waals surface area contributed by atoms with E-state index in [0.29, 0.717) is 58.4 Å². The molecule has 0 unspecified atom stereocenters. The number of carbonyl (C=O) groups excluding carboxylic acids is 4. The molecule has 0 bridgehead atoms. The van der Waals surface area contributed by atoms with Crippen molar-refractivity contribution in [1.29, 1.82) is 0 Å². The van der Waals surface area contributed by atoms with E-state index >= 15 is 4.39 Å². The van der Waals surface area contributed by atoms with Gasteiger partial charge in [0.1, 0.15) is 29.9 Å². The predicted octanol–water partition coefficient (Wildman–Crippen LogP) is 4.58. The molecule has 6 rings (SSSR count). The molecule has 16 heteroatoms. The number of aromatic nitrogens is 3. The smallest absolute Gasteiger partial charge is 0.246 e. The SMILES string of the molecule is CC[C@H](NC(=O)[C@H](C)NC)C(=O)N1CCC[C@H]1Cn1c(-c2[nH]c3cc(F)ccc3c2C[C@@H]2C[C@H](F)CN2C(=O)[C@@H](NC(=O)[C@H](C)NC)C(C)(C)C)nc2cc(F)ccc21. The molecule has 4 aromatic rings. The molecule has 320 valence electrons. The quantitative estimate of drug-likeness (QED) is 0.125.